The van der Waals surface area contributed by atoms with E-state index in [2.05, 4.69) is 10.0 Å². The third kappa shape index (κ3) is 4.47. The second-order valence-electron chi connectivity index (χ2n) is 6.16. The summed E-state index contributed by atoms with van der Waals surface area (Å²) >= 11 is 1.04. The van der Waals surface area contributed by atoms with Crippen molar-refractivity contribution in [1.29, 1.82) is 0 Å². The van der Waals surface area contributed by atoms with Gasteiger partial charge in [-0.1, -0.05) is 30.3 Å². The molecule has 144 valence electrons. The molecule has 0 unspecified atom stereocenters. The molecule has 0 fully saturated rings. The van der Waals surface area contributed by atoms with Crippen LogP contribution < -0.4 is 10.0 Å². The van der Waals surface area contributed by atoms with Crippen molar-refractivity contribution in [2.45, 2.75) is 18.7 Å². The van der Waals surface area contributed by atoms with Crippen LogP contribution in [0.15, 0.2) is 64.9 Å². The van der Waals surface area contributed by atoms with E-state index in [0.29, 0.717) is 11.3 Å². The fourth-order valence-corrected chi connectivity index (χ4v) is 4.71. The summed E-state index contributed by atoms with van der Waals surface area (Å²) in [6, 6.07) is 14.9. The molecule has 0 bridgehead atoms. The molecule has 1 aromatic heterocycles. The summed E-state index contributed by atoms with van der Waals surface area (Å²) in [5.41, 5.74) is 2.27. The van der Waals surface area contributed by atoms with Crippen molar-refractivity contribution in [3.05, 3.63) is 76.0 Å². The molecule has 0 aliphatic carbocycles. The van der Waals surface area contributed by atoms with Crippen molar-refractivity contribution >= 4 is 44.4 Å². The van der Waals surface area contributed by atoms with Crippen LogP contribution in [-0.4, -0.2) is 20.1 Å². The average molecular weight is 415 g/mol. The number of amides is 1. The van der Waals surface area contributed by atoms with Crippen molar-refractivity contribution in [1.82, 2.24) is 0 Å². The molecule has 0 atom stereocenters. The first kappa shape index (κ1) is 19.8. The molecule has 0 spiro atoms. The molecule has 0 aliphatic heterocycles. The van der Waals surface area contributed by atoms with Crippen molar-refractivity contribution < 1.29 is 18.0 Å². The lowest BCUT2D eigenvalue weighted by Gasteiger charge is -2.08. The number of Topliss-reactive ketones (excluding diaryl/α,β-unsaturated/α-hetero) is 1. The molecule has 2 N–H and O–H groups in total. The molecular weight excluding hydrogens is 396 g/mol. The molecular formula is C20H18N2O4S2. The average Bonchev–Trinajstić information content (AvgIpc) is 3.15. The maximum Gasteiger partial charge on any atom is 0.265 e. The van der Waals surface area contributed by atoms with E-state index in [0.717, 1.165) is 16.9 Å². The summed E-state index contributed by atoms with van der Waals surface area (Å²) in [7, 11) is -3.88. The molecule has 2 aromatic carbocycles. The first-order valence-electron chi connectivity index (χ1n) is 8.35. The molecule has 3 rings (SSSR count). The number of nitrogens with one attached hydrogen (secondary N) is 2. The van der Waals surface area contributed by atoms with E-state index >= 15 is 0 Å². The SMILES string of the molecule is CC(=O)c1cccc(NS(=O)(=O)c2csc(C(=O)Nc3ccccc3C)c2)c1. The van der Waals surface area contributed by atoms with Gasteiger partial charge in [0.05, 0.1) is 9.77 Å². The van der Waals surface area contributed by atoms with Crippen LogP contribution >= 0.6 is 11.3 Å². The fraction of sp³-hybridized carbons (Fsp3) is 0.100. The molecule has 1 heterocycles. The lowest BCUT2D eigenvalue weighted by molar-refractivity contribution is 0.101. The summed E-state index contributed by atoms with van der Waals surface area (Å²) in [5.74, 6) is -0.536. The van der Waals surface area contributed by atoms with Gasteiger partial charge in [-0.2, -0.15) is 0 Å². The highest BCUT2D eigenvalue weighted by Crippen LogP contribution is 2.24. The Kier molecular flexibility index (Phi) is 5.62. The monoisotopic (exact) mass is 414 g/mol. The van der Waals surface area contributed by atoms with E-state index in [-0.39, 0.29) is 27.2 Å². The zero-order chi connectivity index (χ0) is 20.3. The van der Waals surface area contributed by atoms with Crippen LogP contribution in [0.2, 0.25) is 0 Å². The Bertz CT molecular complexity index is 1150. The smallest absolute Gasteiger partial charge is 0.265 e. The number of anilines is 2. The number of thiophene rings is 1. The molecule has 6 nitrogen and oxygen atoms in total. The van der Waals surface area contributed by atoms with Gasteiger partial charge in [-0.25, -0.2) is 8.42 Å². The van der Waals surface area contributed by atoms with Crippen LogP contribution in [0.4, 0.5) is 11.4 Å². The quantitative estimate of drug-likeness (QED) is 0.588. The Morgan fingerprint density at radius 2 is 1.75 bits per heavy atom. The van der Waals surface area contributed by atoms with Gasteiger partial charge in [0.25, 0.3) is 15.9 Å². The second-order valence-corrected chi connectivity index (χ2v) is 8.75. The third-order valence-electron chi connectivity index (χ3n) is 4.02. The standard InChI is InChI=1S/C20H18N2O4S2/c1-13-6-3-4-9-18(13)21-20(24)19-11-17(12-27-19)28(25,26)22-16-8-5-7-15(10-16)14(2)23/h3-12,22H,1-2H3,(H,21,24). The Morgan fingerprint density at radius 1 is 1.00 bits per heavy atom. The summed E-state index contributed by atoms with van der Waals surface area (Å²) in [5, 5.41) is 4.19. The highest BCUT2D eigenvalue weighted by molar-refractivity contribution is 7.92. The molecule has 3 aromatic rings. The Hall–Kier alpha value is -2.97. The van der Waals surface area contributed by atoms with E-state index in [1.807, 2.05) is 25.1 Å². The van der Waals surface area contributed by atoms with E-state index in [1.54, 1.807) is 24.3 Å². The summed E-state index contributed by atoms with van der Waals surface area (Å²) < 4.78 is 27.7. The fourth-order valence-electron chi connectivity index (χ4n) is 2.49. The number of sulfonamides is 1. The maximum absolute atomic E-state index is 12.6. The van der Waals surface area contributed by atoms with Gasteiger partial charge in [0.2, 0.25) is 0 Å². The minimum absolute atomic E-state index is 0.0133. The molecule has 1 amide bonds. The minimum atomic E-state index is -3.88. The molecule has 0 aliphatic rings. The lowest BCUT2D eigenvalue weighted by atomic mass is 10.1. The number of ketones is 1. The molecule has 8 heteroatoms. The van der Waals surface area contributed by atoms with Crippen LogP contribution in [0.1, 0.15) is 32.5 Å². The number of carbonyl (C=O) groups is 2. The van der Waals surface area contributed by atoms with Gasteiger partial charge in [-0.15, -0.1) is 11.3 Å². The van der Waals surface area contributed by atoms with E-state index in [1.165, 1.54) is 24.4 Å². The zero-order valence-electron chi connectivity index (χ0n) is 15.2. The van der Waals surface area contributed by atoms with Crippen LogP contribution in [0.25, 0.3) is 0 Å². The summed E-state index contributed by atoms with van der Waals surface area (Å²) in [6.07, 6.45) is 0. The predicted molar refractivity (Wildman–Crippen MR) is 111 cm³/mol. The predicted octanol–water partition coefficient (Wildman–Crippen LogP) is 4.31. The molecule has 0 saturated carbocycles. The first-order valence-corrected chi connectivity index (χ1v) is 10.7. The van der Waals surface area contributed by atoms with Crippen molar-refractivity contribution in [2.75, 3.05) is 10.0 Å². The summed E-state index contributed by atoms with van der Waals surface area (Å²) in [4.78, 5) is 24.2. The van der Waals surface area contributed by atoms with Crippen molar-refractivity contribution in [3.63, 3.8) is 0 Å². The Morgan fingerprint density at radius 3 is 2.46 bits per heavy atom. The van der Waals surface area contributed by atoms with Crippen molar-refractivity contribution in [2.24, 2.45) is 0 Å². The summed E-state index contributed by atoms with van der Waals surface area (Å²) in [6.45, 7) is 3.28. The van der Waals surface area contributed by atoms with Gasteiger partial charge in [-0.05, 0) is 43.7 Å². The molecule has 0 saturated heterocycles. The van der Waals surface area contributed by atoms with Crippen LogP contribution in [0.3, 0.4) is 0 Å². The van der Waals surface area contributed by atoms with Crippen molar-refractivity contribution in [3.8, 4) is 0 Å². The molecule has 0 radical (unpaired) electrons. The minimum Gasteiger partial charge on any atom is -0.321 e. The Balaban J connectivity index is 1.78. The number of hydrogen-bond acceptors (Lipinski definition) is 5. The first-order chi connectivity index (χ1) is 13.3. The molecule has 28 heavy (non-hydrogen) atoms. The zero-order valence-corrected chi connectivity index (χ0v) is 16.9. The van der Waals surface area contributed by atoms with E-state index in [4.69, 9.17) is 0 Å². The topological polar surface area (TPSA) is 92.3 Å². The van der Waals surface area contributed by atoms with Gasteiger partial charge in [0.1, 0.15) is 0 Å². The number of aryl methyl sites for hydroxylation is 1. The Labute approximate surface area is 167 Å². The highest BCUT2D eigenvalue weighted by atomic mass is 32.2. The van der Waals surface area contributed by atoms with Crippen LogP contribution in [0, 0.1) is 6.92 Å². The number of benzene rings is 2. The lowest BCUT2D eigenvalue weighted by Crippen LogP contribution is -2.13. The second kappa shape index (κ2) is 7.95. The van der Waals surface area contributed by atoms with Gasteiger partial charge < -0.3 is 5.32 Å². The maximum atomic E-state index is 12.6. The van der Waals surface area contributed by atoms with Gasteiger partial charge in [-0.3, -0.25) is 14.3 Å². The number of carbonyl (C=O) groups excluding carboxylic acids is 2. The number of hydrogen-bond donors (Lipinski definition) is 2. The number of para-hydroxylation sites is 1. The normalized spacial score (nSPS) is 11.1. The van der Waals surface area contributed by atoms with Crippen LogP contribution in [0.5, 0.6) is 0 Å². The van der Waals surface area contributed by atoms with Gasteiger partial charge in [0.15, 0.2) is 5.78 Å². The van der Waals surface area contributed by atoms with Gasteiger partial charge in [0, 0.05) is 22.3 Å². The van der Waals surface area contributed by atoms with E-state index in [9.17, 15) is 18.0 Å². The largest absolute Gasteiger partial charge is 0.321 e. The van der Waals surface area contributed by atoms with Crippen LogP contribution in [-0.2, 0) is 10.0 Å². The highest BCUT2D eigenvalue weighted by Gasteiger charge is 2.19. The van der Waals surface area contributed by atoms with Gasteiger partial charge >= 0.3 is 0 Å². The third-order valence-corrected chi connectivity index (χ3v) is 6.46. The van der Waals surface area contributed by atoms with E-state index < -0.39 is 10.0 Å². The number of rotatable bonds is 6.